The van der Waals surface area contributed by atoms with Gasteiger partial charge in [-0.15, -0.1) is 0 Å². The maximum absolute atomic E-state index is 11.9. The van der Waals surface area contributed by atoms with E-state index in [0.717, 1.165) is 0 Å². The second-order valence-corrected chi connectivity index (χ2v) is 5.42. The fourth-order valence-corrected chi connectivity index (χ4v) is 2.42. The standard InChI is InChI=1S/C19H17ClO6/c1-23-16-11-12(10-15(20)18(16)24-2)4-9-17(21)26-14-7-5-13(6-8-14)19(22)25-3/h4-11H,1-3H3/b9-4+. The summed E-state index contributed by atoms with van der Waals surface area (Å²) in [5.41, 5.74) is 1.01. The number of hydrogen-bond acceptors (Lipinski definition) is 6. The van der Waals surface area contributed by atoms with E-state index >= 15 is 0 Å². The van der Waals surface area contributed by atoms with Crippen molar-refractivity contribution < 1.29 is 28.5 Å². The summed E-state index contributed by atoms with van der Waals surface area (Å²) in [5.74, 6) is 0.124. The Labute approximate surface area is 155 Å². The number of hydrogen-bond donors (Lipinski definition) is 0. The Balaban J connectivity index is 2.07. The Morgan fingerprint density at radius 2 is 1.69 bits per heavy atom. The summed E-state index contributed by atoms with van der Waals surface area (Å²) >= 11 is 6.12. The minimum absolute atomic E-state index is 0.303. The fourth-order valence-electron chi connectivity index (χ4n) is 2.13. The van der Waals surface area contributed by atoms with E-state index in [1.165, 1.54) is 51.7 Å². The van der Waals surface area contributed by atoms with Gasteiger partial charge in [0.25, 0.3) is 0 Å². The van der Waals surface area contributed by atoms with Crippen molar-refractivity contribution in [3.05, 3.63) is 58.6 Å². The summed E-state index contributed by atoms with van der Waals surface area (Å²) in [4.78, 5) is 23.3. The number of halogens is 1. The van der Waals surface area contributed by atoms with Crippen molar-refractivity contribution in [3.8, 4) is 17.2 Å². The zero-order valence-corrected chi connectivity index (χ0v) is 15.2. The molecule has 0 aliphatic heterocycles. The van der Waals surface area contributed by atoms with Gasteiger partial charge in [0.15, 0.2) is 11.5 Å². The Bertz CT molecular complexity index is 827. The highest BCUT2D eigenvalue weighted by Gasteiger charge is 2.10. The van der Waals surface area contributed by atoms with Crippen molar-refractivity contribution in [3.63, 3.8) is 0 Å². The van der Waals surface area contributed by atoms with Crippen LogP contribution in [0.3, 0.4) is 0 Å². The van der Waals surface area contributed by atoms with Gasteiger partial charge in [0, 0.05) is 6.08 Å². The van der Waals surface area contributed by atoms with Crippen molar-refractivity contribution >= 4 is 29.6 Å². The van der Waals surface area contributed by atoms with Crippen LogP contribution in [0.5, 0.6) is 17.2 Å². The summed E-state index contributed by atoms with van der Waals surface area (Å²) in [5, 5.41) is 0.360. The number of methoxy groups -OCH3 is 3. The minimum atomic E-state index is -0.582. The third kappa shape index (κ3) is 4.77. The first-order chi connectivity index (χ1) is 12.5. The molecule has 0 spiro atoms. The van der Waals surface area contributed by atoms with Crippen molar-refractivity contribution in [2.75, 3.05) is 21.3 Å². The summed E-state index contributed by atoms with van der Waals surface area (Å²) in [7, 11) is 4.28. The van der Waals surface area contributed by atoms with Gasteiger partial charge in [0.05, 0.1) is 31.9 Å². The van der Waals surface area contributed by atoms with Gasteiger partial charge in [0.1, 0.15) is 5.75 Å². The lowest BCUT2D eigenvalue weighted by Crippen LogP contribution is -2.05. The van der Waals surface area contributed by atoms with Gasteiger partial charge in [-0.3, -0.25) is 0 Å². The van der Waals surface area contributed by atoms with Crippen LogP contribution in [0.2, 0.25) is 5.02 Å². The average Bonchev–Trinajstić information content (AvgIpc) is 2.65. The monoisotopic (exact) mass is 376 g/mol. The van der Waals surface area contributed by atoms with Crippen LogP contribution < -0.4 is 14.2 Å². The highest BCUT2D eigenvalue weighted by Crippen LogP contribution is 2.36. The van der Waals surface area contributed by atoms with Crippen molar-refractivity contribution in [1.29, 1.82) is 0 Å². The Hall–Kier alpha value is -2.99. The van der Waals surface area contributed by atoms with Gasteiger partial charge < -0.3 is 18.9 Å². The van der Waals surface area contributed by atoms with E-state index in [0.29, 0.717) is 33.4 Å². The van der Waals surface area contributed by atoms with Gasteiger partial charge in [-0.25, -0.2) is 9.59 Å². The molecule has 0 aliphatic carbocycles. The molecule has 2 aromatic rings. The molecule has 6 nitrogen and oxygen atoms in total. The molecule has 0 aliphatic rings. The number of ether oxygens (including phenoxy) is 4. The van der Waals surface area contributed by atoms with Crippen LogP contribution in [0.1, 0.15) is 15.9 Å². The van der Waals surface area contributed by atoms with E-state index in [4.69, 9.17) is 25.8 Å². The zero-order chi connectivity index (χ0) is 19.1. The third-order valence-corrected chi connectivity index (χ3v) is 3.64. The average molecular weight is 377 g/mol. The molecule has 26 heavy (non-hydrogen) atoms. The van der Waals surface area contributed by atoms with E-state index in [1.54, 1.807) is 18.2 Å². The fraction of sp³-hybridized carbons (Fsp3) is 0.158. The van der Waals surface area contributed by atoms with Crippen LogP contribution in [-0.2, 0) is 9.53 Å². The summed E-state index contributed by atoms with van der Waals surface area (Å²) < 4.78 is 20.1. The minimum Gasteiger partial charge on any atom is -0.493 e. The molecule has 7 heteroatoms. The smallest absolute Gasteiger partial charge is 0.337 e. The van der Waals surface area contributed by atoms with Crippen molar-refractivity contribution in [1.82, 2.24) is 0 Å². The lowest BCUT2D eigenvalue weighted by molar-refractivity contribution is -0.128. The van der Waals surface area contributed by atoms with Gasteiger partial charge >= 0.3 is 11.9 Å². The summed E-state index contributed by atoms with van der Waals surface area (Å²) in [6, 6.07) is 9.34. The Kier molecular flexibility index (Phi) is 6.63. The molecule has 0 unspecified atom stereocenters. The van der Waals surface area contributed by atoms with E-state index in [9.17, 15) is 9.59 Å². The maximum atomic E-state index is 11.9. The van der Waals surface area contributed by atoms with Gasteiger partial charge in [-0.05, 0) is 48.0 Å². The predicted molar refractivity (Wildman–Crippen MR) is 97.0 cm³/mol. The normalized spacial score (nSPS) is 10.5. The maximum Gasteiger partial charge on any atom is 0.337 e. The molecular formula is C19H17ClO6. The quantitative estimate of drug-likeness (QED) is 0.434. The van der Waals surface area contributed by atoms with Gasteiger partial charge in [0.2, 0.25) is 0 Å². The molecule has 0 N–H and O–H groups in total. The van der Waals surface area contributed by atoms with Crippen LogP contribution in [0, 0.1) is 0 Å². The molecule has 0 fully saturated rings. The highest BCUT2D eigenvalue weighted by atomic mass is 35.5. The van der Waals surface area contributed by atoms with E-state index < -0.39 is 11.9 Å². The number of benzene rings is 2. The van der Waals surface area contributed by atoms with E-state index in [-0.39, 0.29) is 0 Å². The van der Waals surface area contributed by atoms with Crippen LogP contribution in [0.15, 0.2) is 42.5 Å². The van der Waals surface area contributed by atoms with Gasteiger partial charge in [-0.2, -0.15) is 0 Å². The Morgan fingerprint density at radius 1 is 1.00 bits per heavy atom. The molecular weight excluding hydrogens is 360 g/mol. The Morgan fingerprint density at radius 3 is 2.27 bits per heavy atom. The number of rotatable bonds is 6. The largest absolute Gasteiger partial charge is 0.493 e. The lowest BCUT2D eigenvalue weighted by atomic mass is 10.2. The molecule has 0 saturated carbocycles. The first-order valence-electron chi connectivity index (χ1n) is 7.48. The molecule has 0 radical (unpaired) electrons. The first-order valence-corrected chi connectivity index (χ1v) is 7.86. The molecule has 136 valence electrons. The molecule has 0 atom stereocenters. The summed E-state index contributed by atoms with van der Waals surface area (Å²) in [6.07, 6.45) is 2.80. The molecule has 0 saturated heterocycles. The first kappa shape index (κ1) is 19.3. The second-order valence-electron chi connectivity index (χ2n) is 5.01. The number of carbonyl (C=O) groups is 2. The summed E-state index contributed by atoms with van der Waals surface area (Å²) in [6.45, 7) is 0. The molecule has 2 rings (SSSR count). The molecule has 0 bridgehead atoms. The second kappa shape index (κ2) is 8.92. The molecule has 0 amide bonds. The van der Waals surface area contributed by atoms with Crippen LogP contribution in [0.25, 0.3) is 6.08 Å². The van der Waals surface area contributed by atoms with Crippen LogP contribution >= 0.6 is 11.6 Å². The van der Waals surface area contributed by atoms with E-state index in [2.05, 4.69) is 4.74 Å². The topological polar surface area (TPSA) is 71.1 Å². The lowest BCUT2D eigenvalue weighted by Gasteiger charge is -2.10. The molecule has 0 heterocycles. The zero-order valence-electron chi connectivity index (χ0n) is 14.4. The predicted octanol–water partition coefficient (Wildman–Crippen LogP) is 3.76. The highest BCUT2D eigenvalue weighted by molar-refractivity contribution is 6.32. The molecule has 0 aromatic heterocycles. The van der Waals surface area contributed by atoms with Crippen LogP contribution in [-0.4, -0.2) is 33.3 Å². The van der Waals surface area contributed by atoms with Crippen LogP contribution in [0.4, 0.5) is 0 Å². The van der Waals surface area contributed by atoms with E-state index in [1.807, 2.05) is 0 Å². The number of carbonyl (C=O) groups excluding carboxylic acids is 2. The SMILES string of the molecule is COC(=O)c1ccc(OC(=O)/C=C/c2cc(Cl)c(OC)c(OC)c2)cc1. The van der Waals surface area contributed by atoms with Crippen molar-refractivity contribution in [2.24, 2.45) is 0 Å². The third-order valence-electron chi connectivity index (χ3n) is 3.36. The number of esters is 2. The molecule has 2 aromatic carbocycles. The van der Waals surface area contributed by atoms with Crippen molar-refractivity contribution in [2.45, 2.75) is 0 Å². The van der Waals surface area contributed by atoms with Gasteiger partial charge in [-0.1, -0.05) is 11.6 Å².